The Kier molecular flexibility index (Phi) is 3.29. The molecule has 0 unspecified atom stereocenters. The fraction of sp³-hybridized carbons (Fsp3) is 0.500. The zero-order valence-corrected chi connectivity index (χ0v) is 11.5. The average molecular weight is 257 g/mol. The summed E-state index contributed by atoms with van der Waals surface area (Å²) in [6, 6.07) is 6.33. The molecule has 1 aromatic carbocycles. The van der Waals surface area contributed by atoms with Crippen LogP contribution in [0.3, 0.4) is 0 Å². The Morgan fingerprint density at radius 3 is 2.63 bits per heavy atom. The number of tetrazole rings is 1. The second-order valence-corrected chi connectivity index (χ2v) is 5.26. The van der Waals surface area contributed by atoms with Crippen molar-refractivity contribution in [2.24, 2.45) is 0 Å². The van der Waals surface area contributed by atoms with Crippen molar-refractivity contribution in [2.75, 3.05) is 13.1 Å². The molecule has 0 spiro atoms. The van der Waals surface area contributed by atoms with Crippen LogP contribution in [0.4, 0.5) is 0 Å². The molecule has 0 amide bonds. The predicted molar refractivity (Wildman–Crippen MR) is 73.1 cm³/mol. The minimum atomic E-state index is 0.833. The molecule has 1 saturated heterocycles. The summed E-state index contributed by atoms with van der Waals surface area (Å²) < 4.78 is 1.85. The molecular formula is C14H19N5. The SMILES string of the molecule is Cc1ccc(-n2nnnc2CN2CCCC2)cc1C. The molecule has 19 heavy (non-hydrogen) atoms. The molecule has 0 radical (unpaired) electrons. The Morgan fingerprint density at radius 2 is 1.89 bits per heavy atom. The maximum Gasteiger partial charge on any atom is 0.170 e. The van der Waals surface area contributed by atoms with Gasteiger partial charge in [0, 0.05) is 0 Å². The molecule has 0 atom stereocenters. The highest BCUT2D eigenvalue weighted by Crippen LogP contribution is 2.16. The highest BCUT2D eigenvalue weighted by molar-refractivity contribution is 5.39. The van der Waals surface area contributed by atoms with Gasteiger partial charge in [0.15, 0.2) is 5.82 Å². The van der Waals surface area contributed by atoms with E-state index in [9.17, 15) is 0 Å². The van der Waals surface area contributed by atoms with Crippen molar-refractivity contribution in [2.45, 2.75) is 33.2 Å². The number of nitrogens with zero attached hydrogens (tertiary/aromatic N) is 5. The van der Waals surface area contributed by atoms with Gasteiger partial charge in [0.1, 0.15) is 0 Å². The maximum atomic E-state index is 4.17. The zero-order valence-electron chi connectivity index (χ0n) is 11.5. The van der Waals surface area contributed by atoms with E-state index in [1.807, 2.05) is 4.68 Å². The van der Waals surface area contributed by atoms with Gasteiger partial charge in [0.25, 0.3) is 0 Å². The van der Waals surface area contributed by atoms with Crippen LogP contribution in [0.15, 0.2) is 18.2 Å². The number of likely N-dealkylation sites (tertiary alicyclic amines) is 1. The van der Waals surface area contributed by atoms with Crippen molar-refractivity contribution in [1.82, 2.24) is 25.1 Å². The Hall–Kier alpha value is -1.75. The van der Waals surface area contributed by atoms with Crippen molar-refractivity contribution < 1.29 is 0 Å². The van der Waals surface area contributed by atoms with Gasteiger partial charge in [-0.15, -0.1) is 5.10 Å². The largest absolute Gasteiger partial charge is 0.296 e. The number of hydrogen-bond acceptors (Lipinski definition) is 4. The number of aromatic nitrogens is 4. The van der Waals surface area contributed by atoms with E-state index in [1.54, 1.807) is 0 Å². The lowest BCUT2D eigenvalue weighted by Gasteiger charge is -2.14. The highest BCUT2D eigenvalue weighted by atomic mass is 15.5. The standard InChI is InChI=1S/C14H19N5/c1-11-5-6-13(9-12(11)2)19-14(15-16-17-19)10-18-7-3-4-8-18/h5-6,9H,3-4,7-8,10H2,1-2H3. The molecule has 2 heterocycles. The van der Waals surface area contributed by atoms with Gasteiger partial charge in [-0.25, -0.2) is 0 Å². The molecule has 5 nitrogen and oxygen atoms in total. The van der Waals surface area contributed by atoms with Crippen LogP contribution in [0, 0.1) is 13.8 Å². The Morgan fingerprint density at radius 1 is 1.11 bits per heavy atom. The van der Waals surface area contributed by atoms with Crippen molar-refractivity contribution >= 4 is 0 Å². The molecular weight excluding hydrogens is 238 g/mol. The Labute approximate surface area is 113 Å². The topological polar surface area (TPSA) is 46.8 Å². The van der Waals surface area contributed by atoms with Crippen LogP contribution in [-0.2, 0) is 6.54 Å². The first-order valence-electron chi connectivity index (χ1n) is 6.81. The van der Waals surface area contributed by atoms with E-state index < -0.39 is 0 Å². The van der Waals surface area contributed by atoms with Gasteiger partial charge in [0.05, 0.1) is 12.2 Å². The summed E-state index contributed by atoms with van der Waals surface area (Å²) in [6.07, 6.45) is 2.57. The van der Waals surface area contributed by atoms with E-state index in [2.05, 4.69) is 52.5 Å². The van der Waals surface area contributed by atoms with Crippen molar-refractivity contribution in [3.63, 3.8) is 0 Å². The third-order valence-corrected chi connectivity index (χ3v) is 3.83. The summed E-state index contributed by atoms with van der Waals surface area (Å²) in [6.45, 7) is 7.37. The number of aryl methyl sites for hydroxylation is 2. The van der Waals surface area contributed by atoms with Gasteiger partial charge in [-0.1, -0.05) is 6.07 Å². The molecule has 1 aliphatic rings. The Bertz CT molecular complexity index is 569. The summed E-state index contributed by atoms with van der Waals surface area (Å²) >= 11 is 0. The van der Waals surface area contributed by atoms with Crippen LogP contribution in [0.1, 0.15) is 29.8 Å². The predicted octanol–water partition coefficient (Wildman–Crippen LogP) is 1.87. The minimum Gasteiger partial charge on any atom is -0.296 e. The minimum absolute atomic E-state index is 0.833. The maximum absolute atomic E-state index is 4.17. The molecule has 0 saturated carbocycles. The monoisotopic (exact) mass is 257 g/mol. The third kappa shape index (κ3) is 2.51. The first kappa shape index (κ1) is 12.3. The molecule has 100 valence electrons. The summed E-state index contributed by atoms with van der Waals surface area (Å²) in [7, 11) is 0. The summed E-state index contributed by atoms with van der Waals surface area (Å²) in [5, 5.41) is 12.1. The van der Waals surface area contributed by atoms with E-state index in [0.29, 0.717) is 0 Å². The van der Waals surface area contributed by atoms with Gasteiger partial charge < -0.3 is 0 Å². The fourth-order valence-corrected chi connectivity index (χ4v) is 2.50. The molecule has 0 aliphatic carbocycles. The number of benzene rings is 1. The second-order valence-electron chi connectivity index (χ2n) is 5.26. The van der Waals surface area contributed by atoms with E-state index >= 15 is 0 Å². The fourth-order valence-electron chi connectivity index (χ4n) is 2.50. The molecule has 3 rings (SSSR count). The van der Waals surface area contributed by atoms with Gasteiger partial charge >= 0.3 is 0 Å². The van der Waals surface area contributed by atoms with Gasteiger partial charge in [-0.05, 0) is 73.5 Å². The average Bonchev–Trinajstić information content (AvgIpc) is 3.05. The van der Waals surface area contributed by atoms with Gasteiger partial charge in [0.2, 0.25) is 0 Å². The lowest BCUT2D eigenvalue weighted by Crippen LogP contribution is -2.21. The van der Waals surface area contributed by atoms with E-state index in [0.717, 1.165) is 31.1 Å². The number of rotatable bonds is 3. The molecule has 0 N–H and O–H groups in total. The van der Waals surface area contributed by atoms with E-state index in [4.69, 9.17) is 0 Å². The summed E-state index contributed by atoms with van der Waals surface area (Å²) in [5.41, 5.74) is 3.60. The normalized spacial score (nSPS) is 16.1. The quantitative estimate of drug-likeness (QED) is 0.842. The molecule has 2 aromatic rings. The molecule has 0 bridgehead atoms. The van der Waals surface area contributed by atoms with Crippen LogP contribution in [-0.4, -0.2) is 38.2 Å². The first-order valence-corrected chi connectivity index (χ1v) is 6.81. The van der Waals surface area contributed by atoms with Crippen LogP contribution >= 0.6 is 0 Å². The highest BCUT2D eigenvalue weighted by Gasteiger charge is 2.16. The van der Waals surface area contributed by atoms with Crippen LogP contribution in [0.25, 0.3) is 5.69 Å². The second kappa shape index (κ2) is 5.09. The third-order valence-electron chi connectivity index (χ3n) is 3.83. The van der Waals surface area contributed by atoms with Crippen molar-refractivity contribution in [1.29, 1.82) is 0 Å². The number of hydrogen-bond donors (Lipinski definition) is 0. The smallest absolute Gasteiger partial charge is 0.170 e. The lowest BCUT2D eigenvalue weighted by molar-refractivity contribution is 0.319. The van der Waals surface area contributed by atoms with Crippen LogP contribution in [0.2, 0.25) is 0 Å². The van der Waals surface area contributed by atoms with Gasteiger partial charge in [-0.3, -0.25) is 4.90 Å². The summed E-state index contributed by atoms with van der Waals surface area (Å²) in [5.74, 6) is 0.921. The van der Waals surface area contributed by atoms with Gasteiger partial charge in [-0.2, -0.15) is 4.68 Å². The zero-order chi connectivity index (χ0) is 13.2. The summed E-state index contributed by atoms with van der Waals surface area (Å²) in [4.78, 5) is 2.41. The lowest BCUT2D eigenvalue weighted by atomic mass is 10.1. The Balaban J connectivity index is 1.87. The van der Waals surface area contributed by atoms with E-state index in [-0.39, 0.29) is 0 Å². The molecule has 1 aliphatic heterocycles. The molecule has 1 fully saturated rings. The van der Waals surface area contributed by atoms with Crippen LogP contribution in [0.5, 0.6) is 0 Å². The van der Waals surface area contributed by atoms with Crippen molar-refractivity contribution in [3.8, 4) is 5.69 Å². The molecule has 5 heteroatoms. The molecule has 1 aromatic heterocycles. The van der Waals surface area contributed by atoms with Crippen LogP contribution < -0.4 is 0 Å². The first-order chi connectivity index (χ1) is 9.24. The van der Waals surface area contributed by atoms with Crippen molar-refractivity contribution in [3.05, 3.63) is 35.2 Å². The van der Waals surface area contributed by atoms with E-state index in [1.165, 1.54) is 24.0 Å².